The molecular formula is C25H31N5O2. The van der Waals surface area contributed by atoms with Crippen molar-refractivity contribution in [3.63, 3.8) is 0 Å². The summed E-state index contributed by atoms with van der Waals surface area (Å²) in [7, 11) is 1.59. The fourth-order valence-electron chi connectivity index (χ4n) is 2.69. The van der Waals surface area contributed by atoms with Gasteiger partial charge in [-0.15, -0.1) is 0 Å². The summed E-state index contributed by atoms with van der Waals surface area (Å²) >= 11 is 0. The molecule has 0 aliphatic carbocycles. The summed E-state index contributed by atoms with van der Waals surface area (Å²) < 4.78 is 5.54. The molecule has 32 heavy (non-hydrogen) atoms. The summed E-state index contributed by atoms with van der Waals surface area (Å²) in [5, 5.41) is 9.36. The average Bonchev–Trinajstić information content (AvgIpc) is 2.79. The third-order valence-electron chi connectivity index (χ3n) is 4.66. The molecule has 0 saturated heterocycles. The molecule has 0 aliphatic heterocycles. The number of amides is 1. The molecule has 5 N–H and O–H groups in total. The van der Waals surface area contributed by atoms with E-state index in [-0.39, 0.29) is 5.91 Å². The van der Waals surface area contributed by atoms with Crippen molar-refractivity contribution in [2.75, 3.05) is 28.8 Å². The summed E-state index contributed by atoms with van der Waals surface area (Å²) in [6.07, 6.45) is 3.75. The first-order valence-corrected chi connectivity index (χ1v) is 10.3. The van der Waals surface area contributed by atoms with Crippen LogP contribution in [0.1, 0.15) is 27.2 Å². The number of anilines is 4. The van der Waals surface area contributed by atoms with Crippen molar-refractivity contribution < 1.29 is 9.53 Å². The van der Waals surface area contributed by atoms with Gasteiger partial charge in [-0.2, -0.15) is 0 Å². The number of nitrogens with one attached hydrogen (secondary N) is 3. The van der Waals surface area contributed by atoms with Gasteiger partial charge in [0.25, 0.3) is 0 Å². The Hall–Kier alpha value is -4.00. The normalized spacial score (nSPS) is 12.5. The highest BCUT2D eigenvalue weighted by Gasteiger charge is 2.06. The molecule has 0 atom stereocenters. The van der Waals surface area contributed by atoms with Crippen molar-refractivity contribution in [3.8, 4) is 0 Å². The van der Waals surface area contributed by atoms with Gasteiger partial charge in [-0.05, 0) is 74.4 Å². The Bertz CT molecular complexity index is 1040. The van der Waals surface area contributed by atoms with Crippen LogP contribution in [0.25, 0.3) is 0 Å². The second kappa shape index (κ2) is 12.0. The molecule has 0 spiro atoms. The maximum atomic E-state index is 11.5. The van der Waals surface area contributed by atoms with Crippen LogP contribution in [-0.4, -0.2) is 19.2 Å². The molecule has 168 valence electrons. The highest BCUT2D eigenvalue weighted by Crippen LogP contribution is 2.19. The minimum atomic E-state index is -0.265. The van der Waals surface area contributed by atoms with Crippen LogP contribution in [0.2, 0.25) is 0 Å². The Morgan fingerprint density at radius 1 is 1.06 bits per heavy atom. The number of nitrogens with two attached hydrogens (primary N) is 1. The Kier molecular flexibility index (Phi) is 9.10. The number of aliphatic imine (C=N–C) groups is 1. The SMILES string of the molecule is C=CC(=O)Nc1cccc(N/C(C)=C(/C=N/C(Nc2ccc(N)cc2)=C(\C)CC)OC)c1. The highest BCUT2D eigenvalue weighted by molar-refractivity contribution is 5.99. The maximum Gasteiger partial charge on any atom is 0.247 e. The number of hydrogen-bond donors (Lipinski definition) is 4. The molecule has 0 unspecified atom stereocenters. The van der Waals surface area contributed by atoms with Gasteiger partial charge in [-0.1, -0.05) is 19.6 Å². The monoisotopic (exact) mass is 433 g/mol. The lowest BCUT2D eigenvalue weighted by Crippen LogP contribution is -2.08. The number of benzene rings is 2. The van der Waals surface area contributed by atoms with Crippen molar-refractivity contribution in [2.24, 2.45) is 4.99 Å². The third kappa shape index (κ3) is 7.36. The van der Waals surface area contributed by atoms with Crippen molar-refractivity contribution in [1.29, 1.82) is 0 Å². The van der Waals surface area contributed by atoms with Crippen molar-refractivity contribution in [3.05, 3.63) is 84.0 Å². The molecule has 2 rings (SSSR count). The van der Waals surface area contributed by atoms with E-state index in [1.165, 1.54) is 6.08 Å². The van der Waals surface area contributed by atoms with Gasteiger partial charge in [-0.3, -0.25) is 4.79 Å². The van der Waals surface area contributed by atoms with Crippen LogP contribution in [0, 0.1) is 0 Å². The quantitative estimate of drug-likeness (QED) is 0.171. The molecule has 7 heteroatoms. The first kappa shape index (κ1) is 24.3. The zero-order valence-corrected chi connectivity index (χ0v) is 19.0. The van der Waals surface area contributed by atoms with E-state index in [9.17, 15) is 4.79 Å². The van der Waals surface area contributed by atoms with Crippen LogP contribution in [0.4, 0.5) is 22.7 Å². The number of allylic oxidation sites excluding steroid dienone is 3. The van der Waals surface area contributed by atoms with Gasteiger partial charge >= 0.3 is 0 Å². The molecule has 7 nitrogen and oxygen atoms in total. The third-order valence-corrected chi connectivity index (χ3v) is 4.66. The molecule has 0 aromatic heterocycles. The highest BCUT2D eigenvalue weighted by atomic mass is 16.5. The number of ether oxygens (including phenoxy) is 1. The number of rotatable bonds is 10. The lowest BCUT2D eigenvalue weighted by Gasteiger charge is -2.13. The van der Waals surface area contributed by atoms with Gasteiger partial charge in [-0.25, -0.2) is 4.99 Å². The molecule has 0 fully saturated rings. The largest absolute Gasteiger partial charge is 0.493 e. The van der Waals surface area contributed by atoms with Crippen molar-refractivity contribution >= 4 is 34.9 Å². The molecule has 2 aromatic rings. The Morgan fingerprint density at radius 3 is 2.31 bits per heavy atom. The average molecular weight is 434 g/mol. The summed E-state index contributed by atoms with van der Waals surface area (Å²) in [5.41, 5.74) is 10.7. The molecule has 2 aromatic carbocycles. The van der Waals surface area contributed by atoms with Crippen LogP contribution >= 0.6 is 0 Å². The van der Waals surface area contributed by atoms with E-state index in [1.54, 1.807) is 19.4 Å². The van der Waals surface area contributed by atoms with Gasteiger partial charge in [0.2, 0.25) is 5.91 Å². The lowest BCUT2D eigenvalue weighted by molar-refractivity contribution is -0.111. The van der Waals surface area contributed by atoms with Crippen LogP contribution in [0.3, 0.4) is 0 Å². The predicted molar refractivity (Wildman–Crippen MR) is 135 cm³/mol. The smallest absolute Gasteiger partial charge is 0.247 e. The predicted octanol–water partition coefficient (Wildman–Crippen LogP) is 5.51. The van der Waals surface area contributed by atoms with Gasteiger partial charge in [0, 0.05) is 22.7 Å². The first-order chi connectivity index (χ1) is 15.4. The van der Waals surface area contributed by atoms with Crippen molar-refractivity contribution in [1.82, 2.24) is 0 Å². The molecular weight excluding hydrogens is 402 g/mol. The molecule has 0 heterocycles. The van der Waals surface area contributed by atoms with E-state index in [0.717, 1.165) is 34.9 Å². The number of carbonyl (C=O) groups excluding carboxylic acids is 1. The van der Waals surface area contributed by atoms with Crippen molar-refractivity contribution in [2.45, 2.75) is 27.2 Å². The summed E-state index contributed by atoms with van der Waals surface area (Å²) in [5.74, 6) is 1.05. The topological polar surface area (TPSA) is 101 Å². The van der Waals surface area contributed by atoms with E-state index in [0.29, 0.717) is 17.1 Å². The van der Waals surface area contributed by atoms with Crippen LogP contribution < -0.4 is 21.7 Å². The summed E-state index contributed by atoms with van der Waals surface area (Å²) in [6, 6.07) is 14.9. The van der Waals surface area contributed by atoms with E-state index >= 15 is 0 Å². The molecule has 1 amide bonds. The fraction of sp³-hybridized carbons (Fsp3) is 0.200. The maximum absolute atomic E-state index is 11.5. The van der Waals surface area contributed by atoms with Gasteiger partial charge in [0.05, 0.1) is 19.0 Å². The minimum absolute atomic E-state index is 0.265. The van der Waals surface area contributed by atoms with E-state index in [2.05, 4.69) is 34.4 Å². The first-order valence-electron chi connectivity index (χ1n) is 10.3. The lowest BCUT2D eigenvalue weighted by atomic mass is 10.2. The van der Waals surface area contributed by atoms with Gasteiger partial charge in [0.15, 0.2) is 5.76 Å². The zero-order valence-electron chi connectivity index (χ0n) is 19.0. The number of carbonyl (C=O) groups is 1. The van der Waals surface area contributed by atoms with Gasteiger partial charge in [0.1, 0.15) is 5.82 Å². The van der Waals surface area contributed by atoms with Crippen LogP contribution in [0.15, 0.2) is 89.0 Å². The molecule has 0 aliphatic rings. The summed E-state index contributed by atoms with van der Waals surface area (Å²) in [6.45, 7) is 9.46. The van der Waals surface area contributed by atoms with Crippen LogP contribution in [0.5, 0.6) is 0 Å². The van der Waals surface area contributed by atoms with Crippen LogP contribution in [-0.2, 0) is 9.53 Å². The second-order valence-electron chi connectivity index (χ2n) is 7.08. The standard InChI is InChI=1S/C25H31N5O2/c1-6-17(3)25(30-20-13-11-19(26)12-14-20)27-16-23(32-5)18(4)28-21-9-8-10-22(15-21)29-24(31)7-2/h7-16,28,30H,2,6,26H2,1,3-5H3,(H,29,31)/b23-18-,25-17-,27-16+. The summed E-state index contributed by atoms with van der Waals surface area (Å²) in [4.78, 5) is 16.2. The Labute approximate surface area is 189 Å². The van der Waals surface area contributed by atoms with E-state index < -0.39 is 0 Å². The Morgan fingerprint density at radius 2 is 1.72 bits per heavy atom. The molecule has 0 bridgehead atoms. The molecule has 0 radical (unpaired) electrons. The van der Waals surface area contributed by atoms with E-state index in [1.807, 2.05) is 56.3 Å². The number of nitrogens with zero attached hydrogens (tertiary/aromatic N) is 1. The molecule has 0 saturated carbocycles. The Balaban J connectivity index is 2.22. The second-order valence-corrected chi connectivity index (χ2v) is 7.08. The number of nitrogen functional groups attached to an aromatic ring is 1. The number of hydrogen-bond acceptors (Lipinski definition) is 6. The fourth-order valence-corrected chi connectivity index (χ4v) is 2.69. The zero-order chi connectivity index (χ0) is 23.5. The van der Waals surface area contributed by atoms with Gasteiger partial charge < -0.3 is 26.4 Å². The minimum Gasteiger partial charge on any atom is -0.493 e. The van der Waals surface area contributed by atoms with E-state index in [4.69, 9.17) is 10.5 Å². The number of methoxy groups -OCH3 is 1.